The Balaban J connectivity index is 2.40. The van der Waals surface area contributed by atoms with E-state index >= 15 is 0 Å². The highest BCUT2D eigenvalue weighted by molar-refractivity contribution is 7.12. The zero-order chi connectivity index (χ0) is 12.0. The fourth-order valence-corrected chi connectivity index (χ4v) is 2.60. The highest BCUT2D eigenvalue weighted by atomic mass is 32.1. The normalized spacial score (nSPS) is 13.0. The summed E-state index contributed by atoms with van der Waals surface area (Å²) < 4.78 is 0. The van der Waals surface area contributed by atoms with E-state index in [4.69, 9.17) is 5.73 Å². The SMILES string of the molecule is CC(C)C(CCN)CCC(=O)c1cccs1. The number of carbonyl (C=O) groups is 1. The lowest BCUT2D eigenvalue weighted by molar-refractivity contribution is 0.0973. The van der Waals surface area contributed by atoms with Crippen molar-refractivity contribution < 1.29 is 4.79 Å². The number of rotatable bonds is 7. The minimum absolute atomic E-state index is 0.276. The smallest absolute Gasteiger partial charge is 0.172 e. The van der Waals surface area contributed by atoms with Crippen molar-refractivity contribution in [2.45, 2.75) is 33.1 Å². The first-order valence-corrected chi connectivity index (χ1v) is 6.80. The van der Waals surface area contributed by atoms with E-state index < -0.39 is 0 Å². The molecular formula is C13H21NOS. The van der Waals surface area contributed by atoms with E-state index in [0.29, 0.717) is 18.3 Å². The van der Waals surface area contributed by atoms with E-state index in [1.165, 1.54) is 11.3 Å². The van der Waals surface area contributed by atoms with Gasteiger partial charge in [-0.15, -0.1) is 11.3 Å². The number of carbonyl (C=O) groups excluding carboxylic acids is 1. The van der Waals surface area contributed by atoms with E-state index in [9.17, 15) is 4.79 Å². The molecule has 0 spiro atoms. The molecule has 90 valence electrons. The van der Waals surface area contributed by atoms with Crippen LogP contribution >= 0.6 is 11.3 Å². The summed E-state index contributed by atoms with van der Waals surface area (Å²) in [6, 6.07) is 3.83. The number of ketones is 1. The minimum atomic E-state index is 0.276. The van der Waals surface area contributed by atoms with Gasteiger partial charge in [-0.05, 0) is 42.7 Å². The number of Topliss-reactive ketones (excluding diaryl/α,β-unsaturated/α-hetero) is 1. The van der Waals surface area contributed by atoms with Crippen molar-refractivity contribution in [3.63, 3.8) is 0 Å². The van der Waals surface area contributed by atoms with Crippen LogP contribution in [0.5, 0.6) is 0 Å². The standard InChI is InChI=1S/C13H21NOS/c1-10(2)11(7-8-14)5-6-12(15)13-4-3-9-16-13/h3-4,9-11H,5-8,14H2,1-2H3. The van der Waals surface area contributed by atoms with Crippen molar-refractivity contribution in [3.8, 4) is 0 Å². The van der Waals surface area contributed by atoms with Crippen LogP contribution in [0.2, 0.25) is 0 Å². The summed E-state index contributed by atoms with van der Waals surface area (Å²) in [6.07, 6.45) is 2.64. The van der Waals surface area contributed by atoms with Crippen molar-refractivity contribution in [2.24, 2.45) is 17.6 Å². The lowest BCUT2D eigenvalue weighted by atomic mass is 9.87. The van der Waals surface area contributed by atoms with Crippen LogP contribution in [-0.4, -0.2) is 12.3 Å². The summed E-state index contributed by atoms with van der Waals surface area (Å²) in [4.78, 5) is 12.7. The van der Waals surface area contributed by atoms with Crippen molar-refractivity contribution in [2.75, 3.05) is 6.54 Å². The molecule has 0 saturated heterocycles. The Morgan fingerprint density at radius 1 is 1.44 bits per heavy atom. The maximum absolute atomic E-state index is 11.8. The third kappa shape index (κ3) is 4.06. The fraction of sp³-hybridized carbons (Fsp3) is 0.615. The second-order valence-electron chi connectivity index (χ2n) is 4.52. The van der Waals surface area contributed by atoms with Crippen LogP contribution in [-0.2, 0) is 0 Å². The molecule has 0 bridgehead atoms. The van der Waals surface area contributed by atoms with Crippen LogP contribution in [0.3, 0.4) is 0 Å². The minimum Gasteiger partial charge on any atom is -0.330 e. The molecule has 1 unspecified atom stereocenters. The largest absolute Gasteiger partial charge is 0.330 e. The first-order chi connectivity index (χ1) is 7.65. The second kappa shape index (κ2) is 6.81. The average Bonchev–Trinajstić information content (AvgIpc) is 2.76. The van der Waals surface area contributed by atoms with Gasteiger partial charge in [0.1, 0.15) is 0 Å². The summed E-state index contributed by atoms with van der Waals surface area (Å²) in [7, 11) is 0. The maximum atomic E-state index is 11.8. The predicted molar refractivity (Wildman–Crippen MR) is 69.9 cm³/mol. The molecule has 1 rings (SSSR count). The molecule has 0 aliphatic rings. The highest BCUT2D eigenvalue weighted by Gasteiger charge is 2.15. The topological polar surface area (TPSA) is 43.1 Å². The van der Waals surface area contributed by atoms with E-state index in [1.54, 1.807) is 0 Å². The van der Waals surface area contributed by atoms with Crippen LogP contribution in [0.4, 0.5) is 0 Å². The van der Waals surface area contributed by atoms with E-state index in [-0.39, 0.29) is 5.78 Å². The molecule has 0 saturated carbocycles. The van der Waals surface area contributed by atoms with Crippen molar-refractivity contribution >= 4 is 17.1 Å². The van der Waals surface area contributed by atoms with Gasteiger partial charge >= 0.3 is 0 Å². The highest BCUT2D eigenvalue weighted by Crippen LogP contribution is 2.22. The summed E-state index contributed by atoms with van der Waals surface area (Å²) >= 11 is 1.53. The van der Waals surface area contributed by atoms with Crippen LogP contribution < -0.4 is 5.73 Å². The number of thiophene rings is 1. The third-order valence-corrected chi connectivity index (χ3v) is 3.93. The molecule has 0 amide bonds. The average molecular weight is 239 g/mol. The summed E-state index contributed by atoms with van der Waals surface area (Å²) in [5, 5.41) is 1.95. The lowest BCUT2D eigenvalue weighted by Gasteiger charge is -2.19. The quantitative estimate of drug-likeness (QED) is 0.742. The Hall–Kier alpha value is -0.670. The second-order valence-corrected chi connectivity index (χ2v) is 5.47. The predicted octanol–water partition coefficient (Wildman–Crippen LogP) is 3.33. The molecule has 0 radical (unpaired) electrons. The monoisotopic (exact) mass is 239 g/mol. The zero-order valence-electron chi connectivity index (χ0n) is 10.1. The first-order valence-electron chi connectivity index (χ1n) is 5.92. The number of nitrogens with two attached hydrogens (primary N) is 1. The number of hydrogen-bond donors (Lipinski definition) is 1. The van der Waals surface area contributed by atoms with Gasteiger partial charge in [0.05, 0.1) is 4.88 Å². The third-order valence-electron chi connectivity index (χ3n) is 3.02. The molecule has 3 heteroatoms. The van der Waals surface area contributed by atoms with Gasteiger partial charge in [-0.2, -0.15) is 0 Å². The van der Waals surface area contributed by atoms with Crippen molar-refractivity contribution in [1.82, 2.24) is 0 Å². The lowest BCUT2D eigenvalue weighted by Crippen LogP contribution is -2.15. The molecule has 0 aliphatic carbocycles. The van der Waals surface area contributed by atoms with Crippen molar-refractivity contribution in [3.05, 3.63) is 22.4 Å². The van der Waals surface area contributed by atoms with E-state index in [1.807, 2.05) is 17.5 Å². The van der Waals surface area contributed by atoms with Crippen LogP contribution in [0, 0.1) is 11.8 Å². The van der Waals surface area contributed by atoms with Gasteiger partial charge in [0.25, 0.3) is 0 Å². The summed E-state index contributed by atoms with van der Waals surface area (Å²) in [6.45, 7) is 5.13. The van der Waals surface area contributed by atoms with Gasteiger partial charge in [0, 0.05) is 6.42 Å². The summed E-state index contributed by atoms with van der Waals surface area (Å²) in [5.74, 6) is 1.46. The Labute approximate surface area is 102 Å². The van der Waals surface area contributed by atoms with Gasteiger partial charge in [-0.1, -0.05) is 19.9 Å². The molecule has 0 aliphatic heterocycles. The van der Waals surface area contributed by atoms with Gasteiger partial charge in [-0.25, -0.2) is 0 Å². The zero-order valence-corrected chi connectivity index (χ0v) is 10.9. The Bertz CT molecular complexity index is 306. The van der Waals surface area contributed by atoms with Gasteiger partial charge in [0.2, 0.25) is 0 Å². The van der Waals surface area contributed by atoms with Crippen LogP contribution in [0.15, 0.2) is 17.5 Å². The molecule has 1 aromatic rings. The molecule has 0 fully saturated rings. The molecule has 1 atom stereocenters. The number of hydrogen-bond acceptors (Lipinski definition) is 3. The fourth-order valence-electron chi connectivity index (χ4n) is 1.90. The summed E-state index contributed by atoms with van der Waals surface area (Å²) in [5.41, 5.74) is 5.59. The molecular weight excluding hydrogens is 218 g/mol. The maximum Gasteiger partial charge on any atom is 0.172 e. The van der Waals surface area contributed by atoms with Gasteiger partial charge in [-0.3, -0.25) is 4.79 Å². The molecule has 0 aromatic carbocycles. The molecule has 16 heavy (non-hydrogen) atoms. The Kier molecular flexibility index (Phi) is 5.71. The van der Waals surface area contributed by atoms with Gasteiger partial charge in [0.15, 0.2) is 5.78 Å². The van der Waals surface area contributed by atoms with E-state index in [2.05, 4.69) is 13.8 Å². The van der Waals surface area contributed by atoms with Crippen LogP contribution in [0.25, 0.3) is 0 Å². The Morgan fingerprint density at radius 2 is 2.19 bits per heavy atom. The Morgan fingerprint density at radius 3 is 2.69 bits per heavy atom. The van der Waals surface area contributed by atoms with Gasteiger partial charge < -0.3 is 5.73 Å². The molecule has 1 heterocycles. The molecule has 2 nitrogen and oxygen atoms in total. The van der Waals surface area contributed by atoms with Crippen LogP contribution in [0.1, 0.15) is 42.8 Å². The van der Waals surface area contributed by atoms with Crippen molar-refractivity contribution in [1.29, 1.82) is 0 Å². The molecule has 1 aromatic heterocycles. The first kappa shape index (κ1) is 13.4. The van der Waals surface area contributed by atoms with E-state index in [0.717, 1.165) is 24.3 Å². The molecule has 2 N–H and O–H groups in total.